The van der Waals surface area contributed by atoms with Gasteiger partial charge in [-0.2, -0.15) is 0 Å². The van der Waals surface area contributed by atoms with Gasteiger partial charge >= 0.3 is 0 Å². The predicted octanol–water partition coefficient (Wildman–Crippen LogP) is 3.86. The average molecular weight is 310 g/mol. The maximum atomic E-state index is 5.99. The molecule has 106 valence electrons. The van der Waals surface area contributed by atoms with Gasteiger partial charge in [0.1, 0.15) is 17.5 Å². The van der Waals surface area contributed by atoms with E-state index in [4.69, 9.17) is 16.3 Å². The number of hydrogen-bond donors (Lipinski definition) is 1. The molecular formula is C14H16ClN3OS. The second-order valence-corrected chi connectivity index (χ2v) is 5.48. The molecule has 1 N–H and O–H groups in total. The van der Waals surface area contributed by atoms with E-state index < -0.39 is 0 Å². The Labute approximate surface area is 127 Å². The van der Waals surface area contributed by atoms with Crippen molar-refractivity contribution in [3.63, 3.8) is 0 Å². The van der Waals surface area contributed by atoms with Crippen molar-refractivity contribution in [3.05, 3.63) is 41.2 Å². The van der Waals surface area contributed by atoms with E-state index in [2.05, 4.69) is 15.3 Å². The molecule has 0 amide bonds. The van der Waals surface area contributed by atoms with Crippen molar-refractivity contribution in [1.82, 2.24) is 9.97 Å². The third-order valence-corrected chi connectivity index (χ3v) is 3.60. The van der Waals surface area contributed by atoms with Crippen LogP contribution in [-0.4, -0.2) is 23.6 Å². The van der Waals surface area contributed by atoms with Crippen molar-refractivity contribution in [1.29, 1.82) is 0 Å². The van der Waals surface area contributed by atoms with E-state index in [1.807, 2.05) is 44.3 Å². The fourth-order valence-corrected chi connectivity index (χ4v) is 2.71. The van der Waals surface area contributed by atoms with E-state index in [1.165, 1.54) is 0 Å². The molecule has 0 saturated heterocycles. The van der Waals surface area contributed by atoms with Crippen LogP contribution >= 0.6 is 23.4 Å². The minimum Gasteiger partial charge on any atom is -0.374 e. The van der Waals surface area contributed by atoms with Crippen LogP contribution in [-0.2, 0) is 11.3 Å². The molecule has 0 atom stereocenters. The third kappa shape index (κ3) is 4.37. The Balaban J connectivity index is 2.21. The lowest BCUT2D eigenvalue weighted by Crippen LogP contribution is -2.03. The second kappa shape index (κ2) is 7.47. The smallest absolute Gasteiger partial charge is 0.157 e. The van der Waals surface area contributed by atoms with Crippen molar-refractivity contribution in [2.45, 2.75) is 23.5 Å². The van der Waals surface area contributed by atoms with Gasteiger partial charge in [-0.25, -0.2) is 9.97 Å². The van der Waals surface area contributed by atoms with Gasteiger partial charge in [0, 0.05) is 29.6 Å². The molecule has 1 aromatic carbocycles. The van der Waals surface area contributed by atoms with E-state index in [9.17, 15) is 0 Å². The number of ether oxygens (including phenoxy) is 1. The Morgan fingerprint density at radius 3 is 2.85 bits per heavy atom. The number of benzene rings is 1. The predicted molar refractivity (Wildman–Crippen MR) is 82.5 cm³/mol. The highest BCUT2D eigenvalue weighted by Crippen LogP contribution is 2.29. The summed E-state index contributed by atoms with van der Waals surface area (Å²) in [5, 5.41) is 4.61. The summed E-state index contributed by atoms with van der Waals surface area (Å²) in [5.74, 6) is 1.45. The third-order valence-electron chi connectivity index (χ3n) is 2.46. The minimum absolute atomic E-state index is 0.412. The van der Waals surface area contributed by atoms with Gasteiger partial charge in [0.15, 0.2) is 5.82 Å². The van der Waals surface area contributed by atoms with Crippen LogP contribution in [0.25, 0.3) is 0 Å². The van der Waals surface area contributed by atoms with E-state index in [0.29, 0.717) is 24.1 Å². The molecule has 2 rings (SSSR count). The highest BCUT2D eigenvalue weighted by Gasteiger charge is 2.06. The van der Waals surface area contributed by atoms with Crippen LogP contribution in [0.2, 0.25) is 5.02 Å². The lowest BCUT2D eigenvalue weighted by Gasteiger charge is -2.08. The van der Waals surface area contributed by atoms with Crippen LogP contribution < -0.4 is 5.32 Å². The Morgan fingerprint density at radius 2 is 2.15 bits per heavy atom. The SMILES string of the molecule is CCOCc1nc(NC)cc(Sc2cccc(Cl)c2)n1. The van der Waals surface area contributed by atoms with Crippen molar-refractivity contribution >= 4 is 29.2 Å². The van der Waals surface area contributed by atoms with Gasteiger partial charge in [-0.05, 0) is 25.1 Å². The molecule has 1 aromatic heterocycles. The highest BCUT2D eigenvalue weighted by atomic mass is 35.5. The monoisotopic (exact) mass is 309 g/mol. The van der Waals surface area contributed by atoms with Gasteiger partial charge in [0.25, 0.3) is 0 Å². The van der Waals surface area contributed by atoms with Crippen LogP contribution in [0.5, 0.6) is 0 Å². The fraction of sp³-hybridized carbons (Fsp3) is 0.286. The summed E-state index contributed by atoms with van der Waals surface area (Å²) < 4.78 is 5.36. The largest absolute Gasteiger partial charge is 0.374 e. The van der Waals surface area contributed by atoms with Crippen molar-refractivity contribution < 1.29 is 4.74 Å². The molecule has 0 aliphatic heterocycles. The molecular weight excluding hydrogens is 294 g/mol. The average Bonchev–Trinajstić information content (AvgIpc) is 2.45. The Bertz CT molecular complexity index is 580. The van der Waals surface area contributed by atoms with E-state index in [0.717, 1.165) is 15.7 Å². The summed E-state index contributed by atoms with van der Waals surface area (Å²) >= 11 is 7.54. The highest BCUT2D eigenvalue weighted by molar-refractivity contribution is 7.99. The molecule has 20 heavy (non-hydrogen) atoms. The topological polar surface area (TPSA) is 47.0 Å². The van der Waals surface area contributed by atoms with Crippen molar-refractivity contribution in [2.75, 3.05) is 19.0 Å². The molecule has 0 radical (unpaired) electrons. The summed E-state index contributed by atoms with van der Waals surface area (Å²) in [6.07, 6.45) is 0. The van der Waals surface area contributed by atoms with Gasteiger partial charge in [0.05, 0.1) is 0 Å². The van der Waals surface area contributed by atoms with Gasteiger partial charge in [-0.1, -0.05) is 29.4 Å². The first-order valence-corrected chi connectivity index (χ1v) is 7.47. The summed E-state index contributed by atoms with van der Waals surface area (Å²) in [6, 6.07) is 9.59. The number of nitrogens with zero attached hydrogens (tertiary/aromatic N) is 2. The molecule has 0 aliphatic rings. The number of nitrogens with one attached hydrogen (secondary N) is 1. The summed E-state index contributed by atoms with van der Waals surface area (Å²) in [5.41, 5.74) is 0. The number of hydrogen-bond acceptors (Lipinski definition) is 5. The molecule has 1 heterocycles. The Kier molecular flexibility index (Phi) is 5.64. The first-order valence-electron chi connectivity index (χ1n) is 6.28. The number of rotatable bonds is 6. The van der Waals surface area contributed by atoms with Crippen LogP contribution in [0.4, 0.5) is 5.82 Å². The molecule has 0 spiro atoms. The Morgan fingerprint density at radius 1 is 1.30 bits per heavy atom. The van der Waals surface area contributed by atoms with Crippen LogP contribution in [0.3, 0.4) is 0 Å². The lowest BCUT2D eigenvalue weighted by atomic mass is 10.4. The summed E-state index contributed by atoms with van der Waals surface area (Å²) in [4.78, 5) is 9.89. The molecule has 0 aliphatic carbocycles. The van der Waals surface area contributed by atoms with Crippen LogP contribution in [0, 0.1) is 0 Å². The van der Waals surface area contributed by atoms with Gasteiger partial charge in [-0.3, -0.25) is 0 Å². The number of anilines is 1. The van der Waals surface area contributed by atoms with Crippen molar-refractivity contribution in [2.24, 2.45) is 0 Å². The maximum Gasteiger partial charge on any atom is 0.157 e. The quantitative estimate of drug-likeness (QED) is 0.821. The number of halogens is 1. The molecule has 0 unspecified atom stereocenters. The van der Waals surface area contributed by atoms with E-state index in [1.54, 1.807) is 11.8 Å². The van der Waals surface area contributed by atoms with Crippen molar-refractivity contribution in [3.8, 4) is 0 Å². The van der Waals surface area contributed by atoms with Crippen LogP contribution in [0.15, 0.2) is 40.3 Å². The van der Waals surface area contributed by atoms with Gasteiger partial charge in [0.2, 0.25) is 0 Å². The van der Waals surface area contributed by atoms with E-state index in [-0.39, 0.29) is 0 Å². The first-order chi connectivity index (χ1) is 9.71. The molecule has 0 fully saturated rings. The van der Waals surface area contributed by atoms with E-state index >= 15 is 0 Å². The molecule has 0 bridgehead atoms. The zero-order chi connectivity index (χ0) is 14.4. The minimum atomic E-state index is 0.412. The summed E-state index contributed by atoms with van der Waals surface area (Å²) in [6.45, 7) is 3.00. The first kappa shape index (κ1) is 15.1. The normalized spacial score (nSPS) is 10.6. The fourth-order valence-electron chi connectivity index (χ4n) is 1.56. The molecule has 0 saturated carbocycles. The van der Waals surface area contributed by atoms with Crippen LogP contribution in [0.1, 0.15) is 12.7 Å². The summed E-state index contributed by atoms with van der Waals surface area (Å²) in [7, 11) is 1.83. The molecule has 4 nitrogen and oxygen atoms in total. The zero-order valence-electron chi connectivity index (χ0n) is 11.4. The Hall–Kier alpha value is -1.30. The lowest BCUT2D eigenvalue weighted by molar-refractivity contribution is 0.128. The maximum absolute atomic E-state index is 5.99. The molecule has 2 aromatic rings. The zero-order valence-corrected chi connectivity index (χ0v) is 13.0. The standard InChI is InChI=1S/C14H16ClN3OS/c1-3-19-9-13-17-12(16-2)8-14(18-13)20-11-6-4-5-10(15)7-11/h4-8H,3,9H2,1-2H3,(H,16,17,18). The number of aromatic nitrogens is 2. The molecule has 6 heteroatoms. The van der Waals surface area contributed by atoms with Gasteiger partial charge < -0.3 is 10.1 Å². The second-order valence-electron chi connectivity index (χ2n) is 3.95. The van der Waals surface area contributed by atoms with Gasteiger partial charge in [-0.15, -0.1) is 0 Å².